The number of nitrogens with zero attached hydrogens (tertiary/aromatic N) is 5. The number of carbonyl (C=O) groups excluding carboxylic acids is 1. The lowest BCUT2D eigenvalue weighted by molar-refractivity contribution is -0.119. The number of rotatable bonds is 4. The minimum atomic E-state index is -0.447. The highest BCUT2D eigenvalue weighted by molar-refractivity contribution is 5.94. The molecule has 3 aromatic rings. The summed E-state index contributed by atoms with van der Waals surface area (Å²) in [5, 5.41) is 0. The normalized spacial score (nSPS) is 15.0. The van der Waals surface area contributed by atoms with E-state index in [4.69, 9.17) is 0 Å². The molecule has 8 nitrogen and oxygen atoms in total. The van der Waals surface area contributed by atoms with Crippen LogP contribution in [0.4, 0.5) is 5.69 Å². The fourth-order valence-electron chi connectivity index (χ4n) is 4.23. The Labute approximate surface area is 168 Å². The molecule has 1 amide bonds. The van der Waals surface area contributed by atoms with Gasteiger partial charge in [0.1, 0.15) is 6.54 Å². The fraction of sp³-hybridized carbons (Fsp3) is 0.429. The Hall–Kier alpha value is -3.16. The van der Waals surface area contributed by atoms with Gasteiger partial charge in [0, 0.05) is 25.8 Å². The number of benzene rings is 1. The molecule has 29 heavy (non-hydrogen) atoms. The van der Waals surface area contributed by atoms with E-state index in [0.717, 1.165) is 35.9 Å². The van der Waals surface area contributed by atoms with Crippen LogP contribution in [0, 0.1) is 0 Å². The smallest absolute Gasteiger partial charge is 0.315 e. The summed E-state index contributed by atoms with van der Waals surface area (Å²) in [5.41, 5.74) is 0.535. The third-order valence-electron chi connectivity index (χ3n) is 5.77. The molecule has 1 aliphatic rings. The van der Waals surface area contributed by atoms with Gasteiger partial charge in [-0.2, -0.15) is 0 Å². The highest BCUT2D eigenvalue weighted by Gasteiger charge is 2.27. The lowest BCUT2D eigenvalue weighted by atomic mass is 9.93. The number of hydrogen-bond donors (Lipinski definition) is 0. The van der Waals surface area contributed by atoms with E-state index in [0.29, 0.717) is 0 Å². The molecule has 0 aliphatic heterocycles. The monoisotopic (exact) mass is 395 g/mol. The molecular weight excluding hydrogens is 370 g/mol. The van der Waals surface area contributed by atoms with Crippen LogP contribution in [-0.2, 0) is 25.4 Å². The van der Waals surface area contributed by atoms with Crippen LogP contribution >= 0.6 is 0 Å². The first-order chi connectivity index (χ1) is 14.0. The van der Waals surface area contributed by atoms with Gasteiger partial charge in [-0.25, -0.2) is 9.78 Å². The van der Waals surface area contributed by atoms with E-state index in [2.05, 4.69) is 4.98 Å². The van der Waals surface area contributed by atoms with Crippen molar-refractivity contribution in [2.45, 2.75) is 44.7 Å². The van der Waals surface area contributed by atoms with Crippen molar-refractivity contribution in [3.63, 3.8) is 0 Å². The molecule has 0 saturated heterocycles. The highest BCUT2D eigenvalue weighted by Crippen LogP contribution is 2.28. The number of para-hydroxylation sites is 1. The molecule has 0 radical (unpaired) electrons. The number of amides is 1. The predicted octanol–water partition coefficient (Wildman–Crippen LogP) is 1.80. The Balaban J connectivity index is 1.73. The van der Waals surface area contributed by atoms with Gasteiger partial charge in [0.2, 0.25) is 5.91 Å². The van der Waals surface area contributed by atoms with Gasteiger partial charge in [0.25, 0.3) is 5.56 Å². The molecule has 0 atom stereocenters. The lowest BCUT2D eigenvalue weighted by Crippen LogP contribution is -2.43. The zero-order valence-corrected chi connectivity index (χ0v) is 16.7. The summed E-state index contributed by atoms with van der Waals surface area (Å²) < 4.78 is 3.92. The second-order valence-electron chi connectivity index (χ2n) is 7.64. The minimum absolute atomic E-state index is 0.00462. The van der Waals surface area contributed by atoms with E-state index < -0.39 is 11.2 Å². The summed E-state index contributed by atoms with van der Waals surface area (Å²) in [5.74, 6) is -0.0849. The average Bonchev–Trinajstić information content (AvgIpc) is 3.16. The number of aryl methyl sites for hydroxylation is 1. The number of hydrogen-bond acceptors (Lipinski definition) is 4. The molecule has 152 valence electrons. The first-order valence-corrected chi connectivity index (χ1v) is 9.97. The van der Waals surface area contributed by atoms with E-state index in [-0.39, 0.29) is 29.7 Å². The molecule has 1 aliphatic carbocycles. The lowest BCUT2D eigenvalue weighted by Gasteiger charge is -2.34. The van der Waals surface area contributed by atoms with Gasteiger partial charge in [-0.05, 0) is 25.0 Å². The van der Waals surface area contributed by atoms with Crippen LogP contribution in [0.25, 0.3) is 11.2 Å². The molecule has 0 unspecified atom stereocenters. The molecule has 8 heteroatoms. The molecule has 2 aromatic heterocycles. The van der Waals surface area contributed by atoms with Crippen LogP contribution in [0.3, 0.4) is 0 Å². The Kier molecular flexibility index (Phi) is 5.08. The van der Waals surface area contributed by atoms with Crippen LogP contribution in [0.2, 0.25) is 0 Å². The quantitative estimate of drug-likeness (QED) is 0.675. The Morgan fingerprint density at radius 3 is 2.45 bits per heavy atom. The molecule has 4 rings (SSSR count). The number of anilines is 1. The molecule has 1 fully saturated rings. The number of imidazole rings is 1. The van der Waals surface area contributed by atoms with Crippen molar-refractivity contribution in [3.8, 4) is 0 Å². The third kappa shape index (κ3) is 3.39. The second kappa shape index (κ2) is 7.69. The molecular formula is C21H25N5O3. The first kappa shape index (κ1) is 19.2. The van der Waals surface area contributed by atoms with Gasteiger partial charge >= 0.3 is 5.69 Å². The summed E-state index contributed by atoms with van der Waals surface area (Å²) in [7, 11) is 3.00. The number of carbonyl (C=O) groups is 1. The average molecular weight is 395 g/mol. The largest absolute Gasteiger partial charge is 0.332 e. The van der Waals surface area contributed by atoms with Crippen molar-refractivity contribution in [3.05, 3.63) is 57.5 Å². The van der Waals surface area contributed by atoms with Crippen LogP contribution in [0.1, 0.15) is 32.1 Å². The maximum Gasteiger partial charge on any atom is 0.332 e. The SMILES string of the molecule is Cn1c(=O)c2c(ncn2CC(=O)N(c2ccccc2)C2CCCCC2)n(C)c1=O. The van der Waals surface area contributed by atoms with Crippen molar-refractivity contribution in [1.82, 2.24) is 18.7 Å². The first-order valence-electron chi connectivity index (χ1n) is 9.97. The van der Waals surface area contributed by atoms with E-state index >= 15 is 0 Å². The van der Waals surface area contributed by atoms with Crippen molar-refractivity contribution in [2.24, 2.45) is 14.1 Å². The Bertz CT molecular complexity index is 1150. The summed E-state index contributed by atoms with van der Waals surface area (Å²) in [6.45, 7) is -0.00462. The van der Waals surface area contributed by atoms with Crippen LogP contribution in [0.5, 0.6) is 0 Å². The Morgan fingerprint density at radius 2 is 1.76 bits per heavy atom. The van der Waals surface area contributed by atoms with Gasteiger partial charge in [-0.15, -0.1) is 0 Å². The fourth-order valence-corrected chi connectivity index (χ4v) is 4.23. The zero-order chi connectivity index (χ0) is 20.5. The zero-order valence-electron chi connectivity index (χ0n) is 16.7. The van der Waals surface area contributed by atoms with Crippen molar-refractivity contribution in [2.75, 3.05) is 4.90 Å². The second-order valence-corrected chi connectivity index (χ2v) is 7.64. The summed E-state index contributed by atoms with van der Waals surface area (Å²) in [6, 6.07) is 9.83. The predicted molar refractivity (Wildman–Crippen MR) is 111 cm³/mol. The van der Waals surface area contributed by atoms with Crippen molar-refractivity contribution in [1.29, 1.82) is 0 Å². The van der Waals surface area contributed by atoms with E-state index in [9.17, 15) is 14.4 Å². The van der Waals surface area contributed by atoms with Gasteiger partial charge < -0.3 is 9.47 Å². The van der Waals surface area contributed by atoms with Crippen LogP contribution in [-0.4, -0.2) is 30.6 Å². The molecule has 1 saturated carbocycles. The van der Waals surface area contributed by atoms with E-state index in [1.54, 1.807) is 11.6 Å². The standard InChI is InChI=1S/C21H25N5O3/c1-23-19-18(20(28)24(2)21(23)29)25(14-22-19)13-17(27)26(15-9-5-3-6-10-15)16-11-7-4-8-12-16/h3,5-6,9-10,14,16H,4,7-8,11-13H2,1-2H3. The third-order valence-corrected chi connectivity index (χ3v) is 5.77. The van der Waals surface area contributed by atoms with E-state index in [1.165, 1.54) is 24.4 Å². The summed E-state index contributed by atoms with van der Waals surface area (Å²) in [4.78, 5) is 44.3. The maximum absolute atomic E-state index is 13.4. The van der Waals surface area contributed by atoms with Crippen LogP contribution in [0.15, 0.2) is 46.2 Å². The van der Waals surface area contributed by atoms with Gasteiger partial charge in [-0.3, -0.25) is 18.7 Å². The van der Waals surface area contributed by atoms with Crippen LogP contribution < -0.4 is 16.1 Å². The maximum atomic E-state index is 13.4. The molecule has 0 bridgehead atoms. The molecule has 0 N–H and O–H groups in total. The molecule has 1 aromatic carbocycles. The van der Waals surface area contributed by atoms with Crippen molar-refractivity contribution >= 4 is 22.8 Å². The molecule has 2 heterocycles. The molecule has 0 spiro atoms. The highest BCUT2D eigenvalue weighted by atomic mass is 16.2. The van der Waals surface area contributed by atoms with E-state index in [1.807, 2.05) is 35.2 Å². The van der Waals surface area contributed by atoms with Gasteiger partial charge in [0.05, 0.1) is 6.33 Å². The van der Waals surface area contributed by atoms with Crippen molar-refractivity contribution < 1.29 is 4.79 Å². The van der Waals surface area contributed by atoms with Gasteiger partial charge in [-0.1, -0.05) is 37.5 Å². The minimum Gasteiger partial charge on any atom is -0.315 e. The summed E-state index contributed by atoms with van der Waals surface area (Å²) in [6.07, 6.45) is 6.83. The number of fused-ring (bicyclic) bond motifs is 1. The van der Waals surface area contributed by atoms with Gasteiger partial charge in [0.15, 0.2) is 11.2 Å². The Morgan fingerprint density at radius 1 is 1.07 bits per heavy atom. The summed E-state index contributed by atoms with van der Waals surface area (Å²) >= 11 is 0. The topological polar surface area (TPSA) is 82.1 Å². The number of aromatic nitrogens is 4.